The summed E-state index contributed by atoms with van der Waals surface area (Å²) in [4.78, 5) is 4.08. The average Bonchev–Trinajstić information content (AvgIpc) is 3.40. The Morgan fingerprint density at radius 2 is 2.11 bits per heavy atom. The van der Waals surface area contributed by atoms with Crippen molar-refractivity contribution in [2.75, 3.05) is 24.7 Å². The van der Waals surface area contributed by atoms with Gasteiger partial charge in [-0.15, -0.1) is 11.5 Å². The number of aromatic nitrogens is 3. The largest absolute Gasteiger partial charge is 0.347 e. The summed E-state index contributed by atoms with van der Waals surface area (Å²) in [7, 11) is -3.43. The summed E-state index contributed by atoms with van der Waals surface area (Å²) in [6.45, 7) is -0.00264. The van der Waals surface area contributed by atoms with Gasteiger partial charge in [0.25, 0.3) is 0 Å². The lowest BCUT2D eigenvalue weighted by Gasteiger charge is -2.33. The molecule has 0 radical (unpaired) electrons. The summed E-state index contributed by atoms with van der Waals surface area (Å²) in [5.41, 5.74) is 1.05. The number of anilines is 1. The molecule has 1 N–H and O–H groups in total. The molecule has 2 aromatic heterocycles. The molecule has 27 heavy (non-hydrogen) atoms. The number of alkyl halides is 1. The highest BCUT2D eigenvalue weighted by Gasteiger charge is 2.35. The van der Waals surface area contributed by atoms with Crippen molar-refractivity contribution < 1.29 is 17.2 Å². The van der Waals surface area contributed by atoms with E-state index in [1.54, 1.807) is 0 Å². The van der Waals surface area contributed by atoms with Gasteiger partial charge in [-0.2, -0.15) is 4.31 Å². The van der Waals surface area contributed by atoms with Gasteiger partial charge in [-0.1, -0.05) is 5.92 Å². The Kier molecular flexibility index (Phi) is 4.31. The molecular weight excluding hydrogens is 376 g/mol. The molecule has 1 saturated heterocycles. The third-order valence-corrected chi connectivity index (χ3v) is 6.33. The highest BCUT2D eigenvalue weighted by Crippen LogP contribution is 2.43. The molecular formula is C17H19F2N5O2S. The van der Waals surface area contributed by atoms with Gasteiger partial charge in [-0.05, 0) is 19.3 Å². The Hall–Kier alpha value is -2.25. The van der Waals surface area contributed by atoms with Crippen LogP contribution in [-0.2, 0) is 10.0 Å². The minimum Gasteiger partial charge on any atom is -0.347 e. The Morgan fingerprint density at radius 3 is 2.70 bits per heavy atom. The highest BCUT2D eigenvalue weighted by molar-refractivity contribution is 7.88. The molecule has 7 nitrogen and oxygen atoms in total. The van der Waals surface area contributed by atoms with Crippen LogP contribution in [0.1, 0.15) is 36.4 Å². The maximum atomic E-state index is 14.5. The van der Waals surface area contributed by atoms with Crippen LogP contribution in [0, 0.1) is 18.2 Å². The third kappa shape index (κ3) is 3.26. The van der Waals surface area contributed by atoms with Gasteiger partial charge in [0.05, 0.1) is 29.8 Å². The van der Waals surface area contributed by atoms with Crippen LogP contribution in [0.15, 0.2) is 6.20 Å². The molecule has 3 heterocycles. The summed E-state index contributed by atoms with van der Waals surface area (Å²) in [6, 6.07) is -0.627. The number of sulfonamides is 1. The smallest absolute Gasteiger partial charge is 0.241 e. The third-order valence-electron chi connectivity index (χ3n) is 5.06. The quantitative estimate of drug-likeness (QED) is 0.794. The predicted molar refractivity (Wildman–Crippen MR) is 96.2 cm³/mol. The molecule has 0 aromatic carbocycles. The number of terminal acetylenes is 1. The fourth-order valence-corrected chi connectivity index (χ4v) is 4.33. The predicted octanol–water partition coefficient (Wildman–Crippen LogP) is 1.51. The molecule has 0 amide bonds. The first-order valence-corrected chi connectivity index (χ1v) is 10.5. The molecule has 1 aliphatic carbocycles. The normalized spacial score (nSPS) is 24.1. The number of halogens is 2. The van der Waals surface area contributed by atoms with Gasteiger partial charge in [-0.25, -0.2) is 26.7 Å². The van der Waals surface area contributed by atoms with Gasteiger partial charge in [0.2, 0.25) is 16.0 Å². The number of hydrogen-bond acceptors (Lipinski definition) is 5. The molecule has 2 fully saturated rings. The van der Waals surface area contributed by atoms with Crippen LogP contribution in [0.3, 0.4) is 0 Å². The molecule has 0 spiro atoms. The second-order valence-electron chi connectivity index (χ2n) is 7.05. The van der Waals surface area contributed by atoms with Crippen molar-refractivity contribution >= 4 is 21.5 Å². The van der Waals surface area contributed by atoms with Crippen LogP contribution in [0.2, 0.25) is 0 Å². The molecule has 2 aromatic rings. The molecule has 10 heteroatoms. The van der Waals surface area contributed by atoms with Crippen molar-refractivity contribution in [1.29, 1.82) is 0 Å². The number of nitrogens with one attached hydrogen (secondary N) is 1. The zero-order chi connectivity index (χ0) is 19.3. The first-order valence-electron chi connectivity index (χ1n) is 8.69. The van der Waals surface area contributed by atoms with Crippen LogP contribution in [0.4, 0.5) is 14.7 Å². The summed E-state index contributed by atoms with van der Waals surface area (Å²) in [6.07, 6.45) is 8.57. The topological polar surface area (TPSA) is 79.6 Å². The van der Waals surface area contributed by atoms with E-state index in [4.69, 9.17) is 6.42 Å². The van der Waals surface area contributed by atoms with Gasteiger partial charge < -0.3 is 5.32 Å². The minimum atomic E-state index is -3.43. The van der Waals surface area contributed by atoms with Crippen LogP contribution >= 0.6 is 0 Å². The monoisotopic (exact) mass is 395 g/mol. The SMILES string of the molecule is C#Cc1c(F)c2cnc(N[C@@H]3CCN(S(C)(=O)=O)C[C@H]3F)nn2c1C1CC1. The van der Waals surface area contributed by atoms with Gasteiger partial charge in [-0.3, -0.25) is 0 Å². The van der Waals surface area contributed by atoms with E-state index in [2.05, 4.69) is 21.3 Å². The highest BCUT2D eigenvalue weighted by atomic mass is 32.2. The summed E-state index contributed by atoms with van der Waals surface area (Å²) in [5, 5.41) is 7.24. The Labute approximate surface area is 155 Å². The standard InChI is InChI=1S/C17H19F2N5O2S/c1-3-11-15(19)14-8-20-17(22-24(14)16(11)10-4-5-10)21-13-6-7-23(9-12(13)18)27(2,25)26/h1,8,10,12-13H,4-7,9H2,2H3,(H,21,22)/t12-,13-/m1/s1. The van der Waals surface area contributed by atoms with E-state index in [-0.39, 0.29) is 42.5 Å². The molecule has 2 atom stereocenters. The van der Waals surface area contributed by atoms with Crippen molar-refractivity contribution in [3.05, 3.63) is 23.3 Å². The van der Waals surface area contributed by atoms with Crippen molar-refractivity contribution in [2.45, 2.75) is 37.4 Å². The molecule has 0 bridgehead atoms. The fraction of sp³-hybridized carbons (Fsp3) is 0.529. The van der Waals surface area contributed by atoms with Crippen LogP contribution in [0.5, 0.6) is 0 Å². The molecule has 144 valence electrons. The molecule has 0 unspecified atom stereocenters. The van der Waals surface area contributed by atoms with Crippen LogP contribution < -0.4 is 5.32 Å². The van der Waals surface area contributed by atoms with Gasteiger partial charge >= 0.3 is 0 Å². The van der Waals surface area contributed by atoms with E-state index in [1.165, 1.54) is 10.7 Å². The van der Waals surface area contributed by atoms with E-state index >= 15 is 0 Å². The van der Waals surface area contributed by atoms with Crippen molar-refractivity contribution in [3.63, 3.8) is 0 Å². The van der Waals surface area contributed by atoms with Gasteiger partial charge in [0, 0.05) is 19.0 Å². The maximum absolute atomic E-state index is 14.5. The van der Waals surface area contributed by atoms with Crippen LogP contribution in [0.25, 0.3) is 5.52 Å². The van der Waals surface area contributed by atoms with E-state index in [9.17, 15) is 17.2 Å². The Balaban J connectivity index is 1.60. The number of hydrogen-bond donors (Lipinski definition) is 1. The van der Waals surface area contributed by atoms with Crippen molar-refractivity contribution in [3.8, 4) is 12.3 Å². The fourth-order valence-electron chi connectivity index (χ4n) is 3.47. The van der Waals surface area contributed by atoms with Gasteiger partial charge in [0.1, 0.15) is 11.7 Å². The van der Waals surface area contributed by atoms with Crippen LogP contribution in [-0.4, -0.2) is 58.9 Å². The number of piperidine rings is 1. The second kappa shape index (κ2) is 6.42. The first kappa shape index (κ1) is 18.1. The minimum absolute atomic E-state index is 0.156. The average molecular weight is 395 g/mol. The second-order valence-corrected chi connectivity index (χ2v) is 9.03. The lowest BCUT2D eigenvalue weighted by molar-refractivity contribution is 0.186. The van der Waals surface area contributed by atoms with E-state index in [1.807, 2.05) is 0 Å². The Morgan fingerprint density at radius 1 is 1.37 bits per heavy atom. The first-order chi connectivity index (χ1) is 12.8. The lowest BCUT2D eigenvalue weighted by atomic mass is 10.1. The summed E-state index contributed by atoms with van der Waals surface area (Å²) < 4.78 is 54.7. The molecule has 2 aliphatic rings. The van der Waals surface area contributed by atoms with E-state index in [0.717, 1.165) is 23.4 Å². The summed E-state index contributed by atoms with van der Waals surface area (Å²) in [5.74, 6) is 2.20. The van der Waals surface area contributed by atoms with Crippen molar-refractivity contribution in [1.82, 2.24) is 18.9 Å². The van der Waals surface area contributed by atoms with Gasteiger partial charge in [0.15, 0.2) is 5.82 Å². The summed E-state index contributed by atoms with van der Waals surface area (Å²) >= 11 is 0. The Bertz CT molecular complexity index is 1040. The maximum Gasteiger partial charge on any atom is 0.241 e. The zero-order valence-electron chi connectivity index (χ0n) is 14.7. The zero-order valence-corrected chi connectivity index (χ0v) is 15.5. The number of nitrogens with zero attached hydrogens (tertiary/aromatic N) is 4. The number of fused-ring (bicyclic) bond motifs is 1. The van der Waals surface area contributed by atoms with E-state index < -0.39 is 28.1 Å². The lowest BCUT2D eigenvalue weighted by Crippen LogP contribution is -2.49. The van der Waals surface area contributed by atoms with E-state index in [0.29, 0.717) is 5.69 Å². The molecule has 1 saturated carbocycles. The molecule has 4 rings (SSSR count). The number of rotatable bonds is 4. The van der Waals surface area contributed by atoms with Crippen molar-refractivity contribution in [2.24, 2.45) is 0 Å². The molecule has 1 aliphatic heterocycles.